The second-order valence-corrected chi connectivity index (χ2v) is 6.18. The Kier molecular flexibility index (Phi) is 4.18. The molecule has 1 amide bonds. The van der Waals surface area contributed by atoms with E-state index in [0.29, 0.717) is 20.5 Å². The molecule has 1 aromatic carbocycles. The van der Waals surface area contributed by atoms with E-state index in [9.17, 15) is 15.0 Å². The summed E-state index contributed by atoms with van der Waals surface area (Å²) in [6.07, 6.45) is 4.49. The van der Waals surface area contributed by atoms with Gasteiger partial charge in [0.15, 0.2) is 15.8 Å². The fourth-order valence-corrected chi connectivity index (χ4v) is 2.96. The Morgan fingerprint density at radius 1 is 1.26 bits per heavy atom. The van der Waals surface area contributed by atoms with Crippen LogP contribution < -0.4 is 0 Å². The van der Waals surface area contributed by atoms with Crippen molar-refractivity contribution in [2.24, 2.45) is 5.10 Å². The van der Waals surface area contributed by atoms with E-state index >= 15 is 0 Å². The minimum Gasteiger partial charge on any atom is -0.504 e. The minimum absolute atomic E-state index is 0.228. The third-order valence-electron chi connectivity index (χ3n) is 2.91. The maximum Gasteiger partial charge on any atom is 0.286 e. The monoisotopic (exact) mass is 346 g/mol. The molecule has 8 heteroatoms. The summed E-state index contributed by atoms with van der Waals surface area (Å²) >= 11 is 6.27. The van der Waals surface area contributed by atoms with Crippen LogP contribution in [0.5, 0.6) is 11.5 Å². The van der Waals surface area contributed by atoms with E-state index in [1.807, 2.05) is 0 Å². The summed E-state index contributed by atoms with van der Waals surface area (Å²) in [7, 11) is 0. The number of nitrogens with zero attached hydrogens (tertiary/aromatic N) is 2. The number of benzene rings is 1. The number of hydrogen-bond donors (Lipinski definition) is 2. The molecule has 1 fully saturated rings. The van der Waals surface area contributed by atoms with Gasteiger partial charge in [-0.25, -0.2) is 0 Å². The van der Waals surface area contributed by atoms with E-state index in [1.165, 1.54) is 24.6 Å². The number of thioether (sulfide) groups is 1. The quantitative estimate of drug-likeness (QED) is 0.385. The van der Waals surface area contributed by atoms with E-state index in [2.05, 4.69) is 5.10 Å². The van der Waals surface area contributed by atoms with Gasteiger partial charge in [-0.2, -0.15) is 10.1 Å². The van der Waals surface area contributed by atoms with Gasteiger partial charge in [-0.15, -0.1) is 0 Å². The van der Waals surface area contributed by atoms with Gasteiger partial charge in [-0.1, -0.05) is 11.8 Å². The van der Waals surface area contributed by atoms with Crippen molar-refractivity contribution < 1.29 is 19.4 Å². The first-order valence-electron chi connectivity index (χ1n) is 6.42. The van der Waals surface area contributed by atoms with Crippen LogP contribution in [0.15, 0.2) is 51.0 Å². The van der Waals surface area contributed by atoms with Gasteiger partial charge in [0, 0.05) is 6.08 Å². The molecule has 0 aliphatic carbocycles. The van der Waals surface area contributed by atoms with Crippen LogP contribution in [-0.2, 0) is 4.79 Å². The van der Waals surface area contributed by atoms with Crippen LogP contribution in [0.1, 0.15) is 11.3 Å². The molecule has 0 bridgehead atoms. The van der Waals surface area contributed by atoms with Crippen LogP contribution in [-0.4, -0.2) is 31.7 Å². The number of phenols is 2. The summed E-state index contributed by atoms with van der Waals surface area (Å²) in [5, 5.41) is 23.8. The molecule has 6 nitrogen and oxygen atoms in total. The lowest BCUT2D eigenvalue weighted by Gasteiger charge is -2.06. The van der Waals surface area contributed by atoms with E-state index in [4.69, 9.17) is 16.6 Å². The summed E-state index contributed by atoms with van der Waals surface area (Å²) in [6, 6.07) is 7.67. The summed E-state index contributed by atoms with van der Waals surface area (Å²) < 4.78 is 5.47. The first kappa shape index (κ1) is 15.3. The fourth-order valence-electron chi connectivity index (χ4n) is 1.81. The molecule has 1 aromatic heterocycles. The molecule has 23 heavy (non-hydrogen) atoms. The lowest BCUT2D eigenvalue weighted by molar-refractivity contribution is -0.122. The second-order valence-electron chi connectivity index (χ2n) is 4.50. The van der Waals surface area contributed by atoms with Crippen molar-refractivity contribution >= 4 is 46.5 Å². The highest BCUT2D eigenvalue weighted by Crippen LogP contribution is 2.33. The zero-order valence-electron chi connectivity index (χ0n) is 11.5. The maximum absolute atomic E-state index is 12.3. The Morgan fingerprint density at radius 3 is 2.78 bits per heavy atom. The van der Waals surface area contributed by atoms with Gasteiger partial charge in [-0.05, 0) is 48.1 Å². The SMILES string of the molecule is O=C1/C(=C\c2ccco2)SC(=S)N1/N=C/c1ccc(O)c(O)c1. The normalized spacial score (nSPS) is 16.9. The number of thiocarbonyl (C=S) groups is 1. The van der Waals surface area contributed by atoms with Gasteiger partial charge in [-0.3, -0.25) is 4.79 Å². The minimum atomic E-state index is -0.351. The molecular formula is C15H10N2O4S2. The lowest BCUT2D eigenvalue weighted by atomic mass is 10.2. The van der Waals surface area contributed by atoms with Gasteiger partial charge < -0.3 is 14.6 Å². The first-order valence-corrected chi connectivity index (χ1v) is 7.64. The van der Waals surface area contributed by atoms with Crippen LogP contribution in [0, 0.1) is 0 Å². The maximum atomic E-state index is 12.3. The van der Waals surface area contributed by atoms with Gasteiger partial charge >= 0.3 is 0 Å². The Balaban J connectivity index is 1.80. The zero-order valence-corrected chi connectivity index (χ0v) is 13.2. The van der Waals surface area contributed by atoms with Crippen LogP contribution in [0.2, 0.25) is 0 Å². The molecule has 2 heterocycles. The van der Waals surface area contributed by atoms with Crippen LogP contribution in [0.4, 0.5) is 0 Å². The molecule has 1 aliphatic rings. The lowest BCUT2D eigenvalue weighted by Crippen LogP contribution is -2.22. The number of amides is 1. The predicted octanol–water partition coefficient (Wildman–Crippen LogP) is 2.93. The third-order valence-corrected chi connectivity index (χ3v) is 4.19. The molecular weight excluding hydrogens is 336 g/mol. The molecule has 116 valence electrons. The second kappa shape index (κ2) is 6.27. The van der Waals surface area contributed by atoms with Crippen molar-refractivity contribution in [2.45, 2.75) is 0 Å². The van der Waals surface area contributed by atoms with Gasteiger partial charge in [0.2, 0.25) is 0 Å². The van der Waals surface area contributed by atoms with E-state index in [1.54, 1.807) is 24.3 Å². The van der Waals surface area contributed by atoms with Gasteiger partial charge in [0.05, 0.1) is 17.4 Å². The zero-order chi connectivity index (χ0) is 16.4. The van der Waals surface area contributed by atoms with Crippen molar-refractivity contribution in [1.29, 1.82) is 0 Å². The van der Waals surface area contributed by atoms with Crippen LogP contribution in [0.25, 0.3) is 6.08 Å². The van der Waals surface area contributed by atoms with Crippen LogP contribution in [0.3, 0.4) is 0 Å². The number of hydrogen-bond acceptors (Lipinski definition) is 7. The molecule has 1 saturated heterocycles. The molecule has 3 rings (SSSR count). The number of carbonyl (C=O) groups is 1. The number of carbonyl (C=O) groups excluding carboxylic acids is 1. The molecule has 2 aromatic rings. The summed E-state index contributed by atoms with van der Waals surface area (Å²) in [5.41, 5.74) is 0.518. The molecule has 0 unspecified atom stereocenters. The number of hydrazone groups is 1. The first-order chi connectivity index (χ1) is 11.0. The molecule has 0 spiro atoms. The summed E-state index contributed by atoms with van der Waals surface area (Å²) in [4.78, 5) is 12.7. The summed E-state index contributed by atoms with van der Waals surface area (Å²) in [5.74, 6) is -0.292. The number of aromatic hydroxyl groups is 2. The highest BCUT2D eigenvalue weighted by atomic mass is 32.2. The third kappa shape index (κ3) is 3.27. The highest BCUT2D eigenvalue weighted by Gasteiger charge is 2.32. The predicted molar refractivity (Wildman–Crippen MR) is 91.1 cm³/mol. The van der Waals surface area contributed by atoms with Crippen molar-refractivity contribution in [3.8, 4) is 11.5 Å². The van der Waals surface area contributed by atoms with Crippen LogP contribution >= 0.6 is 24.0 Å². The van der Waals surface area contributed by atoms with E-state index in [0.717, 1.165) is 16.8 Å². The Morgan fingerprint density at radius 2 is 2.09 bits per heavy atom. The fraction of sp³-hybridized carbons (Fsp3) is 0. The molecule has 0 atom stereocenters. The van der Waals surface area contributed by atoms with Crippen molar-refractivity contribution in [1.82, 2.24) is 5.01 Å². The highest BCUT2D eigenvalue weighted by molar-refractivity contribution is 8.26. The topological polar surface area (TPSA) is 86.3 Å². The Bertz CT molecular complexity index is 828. The smallest absolute Gasteiger partial charge is 0.286 e. The Hall–Kier alpha value is -2.58. The van der Waals surface area contributed by atoms with Crippen molar-refractivity contribution in [2.75, 3.05) is 0 Å². The number of furan rings is 1. The number of phenolic OH excluding ortho intramolecular Hbond substituents is 2. The average Bonchev–Trinajstić information content (AvgIpc) is 3.11. The van der Waals surface area contributed by atoms with E-state index in [-0.39, 0.29) is 17.4 Å². The van der Waals surface area contributed by atoms with Gasteiger partial charge in [0.25, 0.3) is 5.91 Å². The Labute approximate surface area is 140 Å². The van der Waals surface area contributed by atoms with Gasteiger partial charge in [0.1, 0.15) is 5.76 Å². The average molecular weight is 346 g/mol. The van der Waals surface area contributed by atoms with Crippen molar-refractivity contribution in [3.63, 3.8) is 0 Å². The molecule has 0 radical (unpaired) electrons. The standard InChI is InChI=1S/C15H10N2O4S2/c18-11-4-3-9(6-12(11)19)8-16-17-14(20)13(23-15(17)22)7-10-2-1-5-21-10/h1-8,18-19H/b13-7+,16-8+. The van der Waals surface area contributed by atoms with E-state index < -0.39 is 0 Å². The summed E-state index contributed by atoms with van der Waals surface area (Å²) in [6.45, 7) is 0. The van der Waals surface area contributed by atoms with Crippen molar-refractivity contribution in [3.05, 3.63) is 52.8 Å². The molecule has 2 N–H and O–H groups in total. The molecule has 1 aliphatic heterocycles. The largest absolute Gasteiger partial charge is 0.504 e. The molecule has 0 saturated carbocycles. The number of rotatable bonds is 3.